The number of benzene rings is 2. The number of piperidine rings is 1. The molecule has 0 unspecified atom stereocenters. The molecule has 6 heteroatoms. The number of hydrogen-bond donors (Lipinski definition) is 0. The topological polar surface area (TPSA) is 51.7 Å². The number of nitrogens with zero attached hydrogens (tertiary/aromatic N) is 2. The number of likely N-dealkylation sites (tertiary alicyclic amines) is 1. The maximum atomic E-state index is 12.5. The van der Waals surface area contributed by atoms with Crippen LogP contribution in [0.15, 0.2) is 54.7 Å². The molecule has 0 radical (unpaired) electrons. The van der Waals surface area contributed by atoms with Gasteiger partial charge in [-0.25, -0.2) is 0 Å². The number of ether oxygens (including phenoxy) is 2. The van der Waals surface area contributed by atoms with Crippen LogP contribution in [0.4, 0.5) is 0 Å². The summed E-state index contributed by atoms with van der Waals surface area (Å²) >= 11 is 6.65. The van der Waals surface area contributed by atoms with Crippen LogP contribution < -0.4 is 4.74 Å². The molecule has 2 aliphatic heterocycles. The lowest BCUT2D eigenvalue weighted by Gasteiger charge is -2.33. The Bertz CT molecular complexity index is 1070. The van der Waals surface area contributed by atoms with E-state index in [0.29, 0.717) is 11.6 Å². The van der Waals surface area contributed by atoms with Crippen LogP contribution in [0.1, 0.15) is 25.7 Å². The highest BCUT2D eigenvalue weighted by Crippen LogP contribution is 2.34. The number of carbonyl (C=O) groups is 1. The first-order chi connectivity index (χ1) is 15.2. The summed E-state index contributed by atoms with van der Waals surface area (Å²) in [6.45, 7) is 2.14. The van der Waals surface area contributed by atoms with Gasteiger partial charge in [0.15, 0.2) is 0 Å². The van der Waals surface area contributed by atoms with E-state index in [0.717, 1.165) is 66.6 Å². The second kappa shape index (κ2) is 8.85. The lowest BCUT2D eigenvalue weighted by Crippen LogP contribution is -2.45. The molecule has 0 N–H and O–H groups in total. The molecule has 2 aromatic carbocycles. The maximum Gasteiger partial charge on any atom is 0.251 e. The first-order valence-electron chi connectivity index (χ1n) is 10.9. The van der Waals surface area contributed by atoms with Crippen LogP contribution in [-0.4, -0.2) is 47.7 Å². The number of fused-ring (bicyclic) bond motifs is 1. The Hall–Kier alpha value is -2.63. The van der Waals surface area contributed by atoms with Crippen LogP contribution >= 0.6 is 11.6 Å². The number of pyridine rings is 1. The lowest BCUT2D eigenvalue weighted by atomic mass is 10.0. The smallest absolute Gasteiger partial charge is 0.251 e. The number of hydrogen-bond acceptors (Lipinski definition) is 4. The summed E-state index contributed by atoms with van der Waals surface area (Å²) in [5.74, 6) is 0.971. The average molecular weight is 437 g/mol. The minimum Gasteiger partial charge on any atom is -0.490 e. The molecule has 31 heavy (non-hydrogen) atoms. The van der Waals surface area contributed by atoms with Gasteiger partial charge in [-0.05, 0) is 36.6 Å². The molecule has 2 aliphatic rings. The van der Waals surface area contributed by atoms with E-state index in [4.69, 9.17) is 21.1 Å². The summed E-state index contributed by atoms with van der Waals surface area (Å²) in [6.07, 6.45) is 5.19. The number of rotatable bonds is 4. The normalized spacial score (nSPS) is 19.6. The summed E-state index contributed by atoms with van der Waals surface area (Å²) < 4.78 is 11.7. The van der Waals surface area contributed by atoms with Gasteiger partial charge in [0, 0.05) is 49.7 Å². The zero-order chi connectivity index (χ0) is 21.2. The van der Waals surface area contributed by atoms with Gasteiger partial charge >= 0.3 is 0 Å². The van der Waals surface area contributed by atoms with Gasteiger partial charge in [0.1, 0.15) is 18.0 Å². The Morgan fingerprint density at radius 3 is 2.58 bits per heavy atom. The van der Waals surface area contributed by atoms with Gasteiger partial charge in [-0.15, -0.1) is 0 Å². The van der Waals surface area contributed by atoms with Gasteiger partial charge in [-0.2, -0.15) is 0 Å². The number of aromatic nitrogens is 1. The molecule has 2 saturated heterocycles. The monoisotopic (exact) mass is 436 g/mol. The number of carbonyl (C=O) groups excluding carboxylic acids is 1. The minimum absolute atomic E-state index is 0.116. The van der Waals surface area contributed by atoms with E-state index >= 15 is 0 Å². The molecule has 0 saturated carbocycles. The maximum absolute atomic E-state index is 12.5. The van der Waals surface area contributed by atoms with Gasteiger partial charge < -0.3 is 14.4 Å². The second-order valence-corrected chi connectivity index (χ2v) is 8.55. The molecule has 3 aromatic rings. The zero-order valence-electron chi connectivity index (χ0n) is 17.3. The number of halogens is 1. The molecule has 1 aromatic heterocycles. The van der Waals surface area contributed by atoms with Crippen molar-refractivity contribution in [3.05, 3.63) is 59.8 Å². The third-order valence-corrected chi connectivity index (χ3v) is 6.54. The van der Waals surface area contributed by atoms with Crippen molar-refractivity contribution in [2.75, 3.05) is 19.7 Å². The molecule has 0 bridgehead atoms. The first kappa shape index (κ1) is 20.3. The third kappa shape index (κ3) is 4.25. The molecule has 5 nitrogen and oxygen atoms in total. The molecule has 3 heterocycles. The van der Waals surface area contributed by atoms with Crippen molar-refractivity contribution in [3.8, 4) is 16.9 Å². The summed E-state index contributed by atoms with van der Waals surface area (Å²) in [5.41, 5.74) is 2.81. The van der Waals surface area contributed by atoms with Crippen molar-refractivity contribution in [3.63, 3.8) is 0 Å². The standard InChI is InChI=1S/C25H25ClN2O3/c26-24-20-4-1-2-5-22(20)27-16-21(24)17-7-9-18(10-8-17)31-19-11-13-28(14-12-19)25(29)23-6-3-15-30-23/h1-2,4-5,7-10,16,19,23H,3,6,11-15H2/t23-/m1/s1. The van der Waals surface area contributed by atoms with Crippen molar-refractivity contribution < 1.29 is 14.3 Å². The molecule has 0 spiro atoms. The lowest BCUT2D eigenvalue weighted by molar-refractivity contribution is -0.142. The predicted molar refractivity (Wildman–Crippen MR) is 121 cm³/mol. The summed E-state index contributed by atoms with van der Waals surface area (Å²) in [6, 6.07) is 15.9. The Morgan fingerprint density at radius 1 is 1.06 bits per heavy atom. The fourth-order valence-electron chi connectivity index (χ4n) is 4.38. The second-order valence-electron chi connectivity index (χ2n) is 8.17. The molecule has 160 valence electrons. The van der Waals surface area contributed by atoms with E-state index < -0.39 is 0 Å². The highest BCUT2D eigenvalue weighted by Gasteiger charge is 2.31. The summed E-state index contributed by atoms with van der Waals surface area (Å²) in [5, 5.41) is 1.66. The molecular weight excluding hydrogens is 412 g/mol. The van der Waals surface area contributed by atoms with Gasteiger partial charge in [0.05, 0.1) is 10.5 Å². The van der Waals surface area contributed by atoms with Gasteiger partial charge in [-0.1, -0.05) is 41.9 Å². The SMILES string of the molecule is O=C([C@H]1CCCO1)N1CCC(Oc2ccc(-c3cnc4ccccc4c3Cl)cc2)CC1. The van der Waals surface area contributed by atoms with Crippen molar-refractivity contribution in [2.45, 2.75) is 37.9 Å². The van der Waals surface area contributed by atoms with Crippen molar-refractivity contribution in [2.24, 2.45) is 0 Å². The Morgan fingerprint density at radius 2 is 1.84 bits per heavy atom. The summed E-state index contributed by atoms with van der Waals surface area (Å²) in [7, 11) is 0. The van der Waals surface area contributed by atoms with E-state index in [1.54, 1.807) is 0 Å². The highest BCUT2D eigenvalue weighted by molar-refractivity contribution is 6.38. The number of amides is 1. The Labute approximate surface area is 186 Å². The van der Waals surface area contributed by atoms with Crippen LogP contribution in [0, 0.1) is 0 Å². The molecule has 2 fully saturated rings. The third-order valence-electron chi connectivity index (χ3n) is 6.14. The van der Waals surface area contributed by atoms with E-state index in [9.17, 15) is 4.79 Å². The van der Waals surface area contributed by atoms with Gasteiger partial charge in [0.25, 0.3) is 5.91 Å². The van der Waals surface area contributed by atoms with Crippen LogP contribution in [0.5, 0.6) is 5.75 Å². The fraction of sp³-hybridized carbons (Fsp3) is 0.360. The molecule has 0 aliphatic carbocycles. The molecule has 5 rings (SSSR count). The summed E-state index contributed by atoms with van der Waals surface area (Å²) in [4.78, 5) is 18.9. The minimum atomic E-state index is -0.235. The predicted octanol–water partition coefficient (Wildman–Crippen LogP) is 5.10. The fourth-order valence-corrected chi connectivity index (χ4v) is 4.70. The Balaban J connectivity index is 1.21. The first-order valence-corrected chi connectivity index (χ1v) is 11.3. The molecular formula is C25H25ClN2O3. The van der Waals surface area contributed by atoms with Crippen LogP contribution in [-0.2, 0) is 9.53 Å². The van der Waals surface area contributed by atoms with E-state index in [-0.39, 0.29) is 18.1 Å². The van der Waals surface area contributed by atoms with Gasteiger partial charge in [-0.3, -0.25) is 9.78 Å². The van der Waals surface area contributed by atoms with E-state index in [1.807, 2.05) is 59.6 Å². The van der Waals surface area contributed by atoms with Crippen LogP contribution in [0.25, 0.3) is 22.0 Å². The highest BCUT2D eigenvalue weighted by atomic mass is 35.5. The van der Waals surface area contributed by atoms with Crippen LogP contribution in [0.3, 0.4) is 0 Å². The van der Waals surface area contributed by atoms with Crippen molar-refractivity contribution >= 4 is 28.4 Å². The Kier molecular flexibility index (Phi) is 5.79. The number of para-hydroxylation sites is 1. The zero-order valence-corrected chi connectivity index (χ0v) is 18.1. The quantitative estimate of drug-likeness (QED) is 0.570. The average Bonchev–Trinajstić information content (AvgIpc) is 3.35. The van der Waals surface area contributed by atoms with Gasteiger partial charge in [0.2, 0.25) is 0 Å². The van der Waals surface area contributed by atoms with Crippen LogP contribution in [0.2, 0.25) is 5.02 Å². The molecule has 1 amide bonds. The van der Waals surface area contributed by atoms with Crippen molar-refractivity contribution in [1.29, 1.82) is 0 Å². The largest absolute Gasteiger partial charge is 0.490 e. The van der Waals surface area contributed by atoms with E-state index in [2.05, 4.69) is 4.98 Å². The molecule has 1 atom stereocenters. The van der Waals surface area contributed by atoms with Crippen molar-refractivity contribution in [1.82, 2.24) is 9.88 Å². The van der Waals surface area contributed by atoms with E-state index in [1.165, 1.54) is 0 Å².